The average molecular weight is 499 g/mol. The third kappa shape index (κ3) is 6.80. The van der Waals surface area contributed by atoms with E-state index in [9.17, 15) is 4.79 Å². The fraction of sp³-hybridized carbons (Fsp3) is 0.167. The summed E-state index contributed by atoms with van der Waals surface area (Å²) in [6.07, 6.45) is 1.83. The second-order valence-electron chi connectivity index (χ2n) is 6.69. The first-order chi connectivity index (χ1) is 15.1. The maximum atomic E-state index is 12.6. The van der Waals surface area contributed by atoms with E-state index in [1.807, 2.05) is 42.5 Å². The van der Waals surface area contributed by atoms with Crippen molar-refractivity contribution in [2.45, 2.75) is 12.8 Å². The maximum absolute atomic E-state index is 12.6. The van der Waals surface area contributed by atoms with Crippen LogP contribution in [0.25, 0.3) is 0 Å². The summed E-state index contributed by atoms with van der Waals surface area (Å²) in [5, 5.41) is 5.90. The summed E-state index contributed by atoms with van der Waals surface area (Å²) in [7, 11) is 1.52. The number of hydrogen-bond donors (Lipinski definition) is 2. The van der Waals surface area contributed by atoms with Gasteiger partial charge in [-0.3, -0.25) is 10.1 Å². The van der Waals surface area contributed by atoms with Crippen LogP contribution in [0.1, 0.15) is 22.3 Å². The third-order valence-corrected chi connectivity index (χ3v) is 5.18. The monoisotopic (exact) mass is 498 g/mol. The highest BCUT2D eigenvalue weighted by atomic mass is 79.9. The fourth-order valence-electron chi connectivity index (χ4n) is 2.98. The van der Waals surface area contributed by atoms with Crippen molar-refractivity contribution in [3.8, 4) is 11.5 Å². The molecule has 0 saturated heterocycles. The molecule has 31 heavy (non-hydrogen) atoms. The summed E-state index contributed by atoms with van der Waals surface area (Å²) < 4.78 is 12.0. The zero-order chi connectivity index (χ0) is 22.1. The Hall–Kier alpha value is -2.90. The van der Waals surface area contributed by atoms with Crippen LogP contribution in [0.3, 0.4) is 0 Å². The third-order valence-electron chi connectivity index (χ3n) is 4.48. The molecule has 0 aromatic heterocycles. The van der Waals surface area contributed by atoms with Gasteiger partial charge in [-0.25, -0.2) is 0 Å². The smallest absolute Gasteiger partial charge is 0.261 e. The van der Waals surface area contributed by atoms with Gasteiger partial charge in [0.05, 0.1) is 25.0 Å². The highest BCUT2D eigenvalue weighted by Crippen LogP contribution is 2.25. The number of benzene rings is 3. The molecule has 3 aromatic rings. The van der Waals surface area contributed by atoms with Crippen molar-refractivity contribution in [1.29, 1.82) is 0 Å². The molecule has 1 amide bonds. The topological polar surface area (TPSA) is 59.6 Å². The van der Waals surface area contributed by atoms with Crippen LogP contribution < -0.4 is 20.1 Å². The van der Waals surface area contributed by atoms with Crippen molar-refractivity contribution in [1.82, 2.24) is 5.32 Å². The van der Waals surface area contributed by atoms with Crippen molar-refractivity contribution in [2.75, 3.05) is 19.0 Å². The predicted octanol–water partition coefficient (Wildman–Crippen LogP) is 5.60. The molecule has 0 bridgehead atoms. The number of aryl methyl sites for hydroxylation is 1. The van der Waals surface area contributed by atoms with Gasteiger partial charge < -0.3 is 14.8 Å². The number of halogens is 1. The van der Waals surface area contributed by atoms with E-state index in [1.54, 1.807) is 18.2 Å². The first kappa shape index (κ1) is 22.8. The number of anilines is 1. The number of carbonyl (C=O) groups excluding carboxylic acids is 1. The maximum Gasteiger partial charge on any atom is 0.261 e. The molecule has 0 unspecified atom stereocenters. The highest BCUT2D eigenvalue weighted by Gasteiger charge is 2.15. The molecule has 0 aliphatic heterocycles. The first-order valence-electron chi connectivity index (χ1n) is 9.78. The molecule has 0 heterocycles. The standard InChI is InChI=1S/C24H23BrN2O3S/c1-29-21-14-13-18(25)16-19(21)23(28)27-24(31)26-20-11-5-6-12-22(20)30-15-7-10-17-8-3-2-4-9-17/h2-6,8-9,11-14,16H,7,10,15H2,1H3,(H2,26,27,28,31). The van der Waals surface area contributed by atoms with Crippen molar-refractivity contribution < 1.29 is 14.3 Å². The molecular weight excluding hydrogens is 476 g/mol. The van der Waals surface area contributed by atoms with E-state index in [1.165, 1.54) is 12.7 Å². The highest BCUT2D eigenvalue weighted by molar-refractivity contribution is 9.10. The van der Waals surface area contributed by atoms with Gasteiger partial charge in [-0.2, -0.15) is 0 Å². The minimum atomic E-state index is -0.364. The summed E-state index contributed by atoms with van der Waals surface area (Å²) in [4.78, 5) is 12.6. The van der Waals surface area contributed by atoms with Crippen molar-refractivity contribution >= 4 is 44.9 Å². The van der Waals surface area contributed by atoms with Gasteiger partial charge in [-0.15, -0.1) is 0 Å². The molecule has 0 aliphatic rings. The van der Waals surface area contributed by atoms with Crippen LogP contribution in [0.4, 0.5) is 5.69 Å². The number of ether oxygens (including phenoxy) is 2. The molecule has 160 valence electrons. The van der Waals surface area contributed by atoms with Crippen LogP contribution in [0, 0.1) is 0 Å². The van der Waals surface area contributed by atoms with Crippen LogP contribution >= 0.6 is 28.1 Å². The molecule has 7 heteroatoms. The summed E-state index contributed by atoms with van der Waals surface area (Å²) in [5.41, 5.74) is 2.35. The molecule has 0 fully saturated rings. The van der Waals surface area contributed by atoms with Crippen molar-refractivity contribution in [2.24, 2.45) is 0 Å². The lowest BCUT2D eigenvalue weighted by molar-refractivity contribution is 0.0974. The van der Waals surface area contributed by atoms with Gasteiger partial charge in [-0.05, 0) is 61.0 Å². The Kier molecular flexibility index (Phi) is 8.44. The molecular formula is C24H23BrN2O3S. The number of methoxy groups -OCH3 is 1. The molecule has 0 atom stereocenters. The van der Waals surface area contributed by atoms with Gasteiger partial charge in [0.25, 0.3) is 5.91 Å². The molecule has 3 rings (SSSR count). The molecule has 5 nitrogen and oxygen atoms in total. The van der Waals surface area contributed by atoms with Crippen LogP contribution in [-0.4, -0.2) is 24.7 Å². The lowest BCUT2D eigenvalue weighted by Gasteiger charge is -2.15. The SMILES string of the molecule is COc1ccc(Br)cc1C(=O)NC(=S)Nc1ccccc1OCCCc1ccccc1. The Bertz CT molecular complexity index is 1040. The van der Waals surface area contributed by atoms with E-state index in [-0.39, 0.29) is 11.0 Å². The van der Waals surface area contributed by atoms with Gasteiger partial charge >= 0.3 is 0 Å². The van der Waals surface area contributed by atoms with Gasteiger partial charge in [0.15, 0.2) is 5.11 Å². The summed E-state index contributed by atoms with van der Waals surface area (Å²) in [5.74, 6) is 0.773. The number of carbonyl (C=O) groups is 1. The second-order valence-corrected chi connectivity index (χ2v) is 8.01. The fourth-order valence-corrected chi connectivity index (χ4v) is 3.54. The minimum Gasteiger partial charge on any atom is -0.496 e. The van der Waals surface area contributed by atoms with Gasteiger partial charge in [0.2, 0.25) is 0 Å². The zero-order valence-electron chi connectivity index (χ0n) is 17.1. The molecule has 3 aromatic carbocycles. The van der Waals surface area contributed by atoms with E-state index in [0.717, 1.165) is 17.3 Å². The predicted molar refractivity (Wildman–Crippen MR) is 131 cm³/mol. The lowest BCUT2D eigenvalue weighted by Crippen LogP contribution is -2.34. The molecule has 0 aliphatic carbocycles. The Morgan fingerprint density at radius 1 is 1.00 bits per heavy atom. The van der Waals surface area contributed by atoms with Crippen molar-refractivity contribution in [3.63, 3.8) is 0 Å². The number of amides is 1. The lowest BCUT2D eigenvalue weighted by atomic mass is 10.1. The Balaban J connectivity index is 1.56. The van der Waals surface area contributed by atoms with Crippen molar-refractivity contribution in [3.05, 3.63) is 88.4 Å². The van der Waals surface area contributed by atoms with E-state index in [2.05, 4.69) is 38.7 Å². The molecule has 2 N–H and O–H groups in total. The summed E-state index contributed by atoms with van der Waals surface area (Å²) in [6.45, 7) is 0.571. The molecule has 0 spiro atoms. The van der Waals surface area contributed by atoms with E-state index >= 15 is 0 Å². The zero-order valence-corrected chi connectivity index (χ0v) is 19.5. The number of hydrogen-bond acceptors (Lipinski definition) is 4. The minimum absolute atomic E-state index is 0.173. The second kappa shape index (κ2) is 11.5. The van der Waals surface area contributed by atoms with Crippen LogP contribution in [0.5, 0.6) is 11.5 Å². The number of para-hydroxylation sites is 2. The van der Waals surface area contributed by atoms with Crippen LogP contribution in [0.2, 0.25) is 0 Å². The van der Waals surface area contributed by atoms with E-state index in [4.69, 9.17) is 21.7 Å². The average Bonchev–Trinajstić information content (AvgIpc) is 2.78. The number of nitrogens with one attached hydrogen (secondary N) is 2. The summed E-state index contributed by atoms with van der Waals surface area (Å²) in [6, 6.07) is 23.0. The normalized spacial score (nSPS) is 10.3. The van der Waals surface area contributed by atoms with Gasteiger partial charge in [0.1, 0.15) is 11.5 Å². The first-order valence-corrected chi connectivity index (χ1v) is 11.0. The van der Waals surface area contributed by atoms with Crippen LogP contribution in [-0.2, 0) is 6.42 Å². The van der Waals surface area contributed by atoms with E-state index in [0.29, 0.717) is 29.4 Å². The number of thiocarbonyl (C=S) groups is 1. The Morgan fingerprint density at radius 2 is 1.74 bits per heavy atom. The van der Waals surface area contributed by atoms with Gasteiger partial charge in [-0.1, -0.05) is 58.4 Å². The molecule has 0 saturated carbocycles. The quantitative estimate of drug-likeness (QED) is 0.312. The van der Waals surface area contributed by atoms with Gasteiger partial charge in [0, 0.05) is 4.47 Å². The Morgan fingerprint density at radius 3 is 2.52 bits per heavy atom. The largest absolute Gasteiger partial charge is 0.496 e. The van der Waals surface area contributed by atoms with E-state index < -0.39 is 0 Å². The summed E-state index contributed by atoms with van der Waals surface area (Å²) >= 11 is 8.70. The number of rotatable bonds is 8. The molecule has 0 radical (unpaired) electrons. The van der Waals surface area contributed by atoms with Crippen LogP contribution in [0.15, 0.2) is 77.3 Å². The Labute approximate surface area is 195 Å².